The Morgan fingerprint density at radius 3 is 2.67 bits per heavy atom. The summed E-state index contributed by atoms with van der Waals surface area (Å²) in [5.74, 6) is 1.27. The number of para-hydroxylation sites is 1. The summed E-state index contributed by atoms with van der Waals surface area (Å²) in [6.07, 6.45) is 1.45. The van der Waals surface area contributed by atoms with Crippen LogP contribution < -0.4 is 20.5 Å². The molecule has 0 saturated heterocycles. The van der Waals surface area contributed by atoms with E-state index in [1.54, 1.807) is 18.3 Å². The Labute approximate surface area is 216 Å². The van der Waals surface area contributed by atoms with Gasteiger partial charge in [-0.15, -0.1) is 11.3 Å². The number of nitriles is 2. The molecule has 186 valence electrons. The fourth-order valence-electron chi connectivity index (χ4n) is 3.67. The van der Waals surface area contributed by atoms with Crippen LogP contribution in [0.2, 0.25) is 0 Å². The summed E-state index contributed by atoms with van der Waals surface area (Å²) in [6, 6.07) is 22.9. The average Bonchev–Trinajstić information content (AvgIpc) is 3.38. The minimum atomic E-state index is -0.733. The van der Waals surface area contributed by atoms with Crippen LogP contribution in [0.3, 0.4) is 0 Å². The number of aliphatic hydroxyl groups excluding tert-OH is 1. The lowest BCUT2D eigenvalue weighted by atomic mass is 9.91. The molecule has 1 unspecified atom stereocenters. The quantitative estimate of drug-likeness (QED) is 0.328. The van der Waals surface area contributed by atoms with Crippen LogP contribution in [0.4, 0.5) is 0 Å². The van der Waals surface area contributed by atoms with Gasteiger partial charge in [0.05, 0.1) is 0 Å². The number of benzene rings is 2. The zero-order valence-electron chi connectivity index (χ0n) is 20.4. The normalized spacial score (nSPS) is 12.4. The second-order valence-corrected chi connectivity index (χ2v) is 9.93. The van der Waals surface area contributed by atoms with Crippen molar-refractivity contribution in [2.45, 2.75) is 31.9 Å². The van der Waals surface area contributed by atoms with E-state index in [-0.39, 0.29) is 18.8 Å². The van der Waals surface area contributed by atoms with Gasteiger partial charge in [-0.25, -0.2) is 0 Å². The van der Waals surface area contributed by atoms with E-state index in [1.165, 1.54) is 11.3 Å². The van der Waals surface area contributed by atoms with Gasteiger partial charge in [0.2, 0.25) is 0 Å². The highest BCUT2D eigenvalue weighted by Gasteiger charge is 2.22. The molecule has 0 fully saturated rings. The van der Waals surface area contributed by atoms with Crippen molar-refractivity contribution in [3.63, 3.8) is 0 Å². The van der Waals surface area contributed by atoms with Crippen LogP contribution >= 0.6 is 11.3 Å². The molecule has 0 aliphatic rings. The molecule has 36 heavy (non-hydrogen) atoms. The molecule has 0 saturated carbocycles. The number of ether oxygens (including phenoxy) is 2. The minimum absolute atomic E-state index is 0.0170. The molecular formula is C28H30N4O3S. The fraction of sp³-hybridized carbons (Fsp3) is 0.286. The first-order valence-electron chi connectivity index (χ1n) is 11.5. The standard InChI is InChI=1S/C28H30N4O3S/c1-28(2,15-21(16-30)20-6-5-7-23(14-20)34-13-12-29)32-18-22(33)19-35-26-9-4-3-8-25(26)27-11-10-24(17-31)36-27/h3-11,14,16,22,32-33H,13,15,18-19,30H2,1-2H3/b21-16-. The molecule has 2 aromatic carbocycles. The Balaban J connectivity index is 1.56. The predicted octanol–water partition coefficient (Wildman–Crippen LogP) is 4.69. The van der Waals surface area contributed by atoms with Crippen molar-refractivity contribution in [3.8, 4) is 34.1 Å². The third kappa shape index (κ3) is 7.59. The van der Waals surface area contributed by atoms with E-state index >= 15 is 0 Å². The number of aliphatic hydroxyl groups is 1. The summed E-state index contributed by atoms with van der Waals surface area (Å²) in [5.41, 5.74) is 8.29. The molecule has 1 atom stereocenters. The molecule has 0 radical (unpaired) electrons. The number of rotatable bonds is 12. The Morgan fingerprint density at radius 2 is 1.94 bits per heavy atom. The van der Waals surface area contributed by atoms with Gasteiger partial charge >= 0.3 is 0 Å². The molecule has 4 N–H and O–H groups in total. The van der Waals surface area contributed by atoms with E-state index in [0.29, 0.717) is 29.3 Å². The molecule has 1 aromatic heterocycles. The summed E-state index contributed by atoms with van der Waals surface area (Å²) in [7, 11) is 0. The van der Waals surface area contributed by atoms with Gasteiger partial charge in [0, 0.05) is 22.5 Å². The molecule has 0 aliphatic carbocycles. The monoisotopic (exact) mass is 502 g/mol. The lowest BCUT2D eigenvalue weighted by Gasteiger charge is -2.29. The van der Waals surface area contributed by atoms with Gasteiger partial charge in [0.15, 0.2) is 6.61 Å². The van der Waals surface area contributed by atoms with Gasteiger partial charge in [-0.3, -0.25) is 0 Å². The molecule has 0 amide bonds. The Kier molecular flexibility index (Phi) is 9.49. The predicted molar refractivity (Wildman–Crippen MR) is 142 cm³/mol. The third-order valence-corrected chi connectivity index (χ3v) is 6.48. The van der Waals surface area contributed by atoms with Crippen molar-refractivity contribution in [1.29, 1.82) is 10.5 Å². The number of nitrogens with zero attached hydrogens (tertiary/aromatic N) is 2. The fourth-order valence-corrected chi connectivity index (χ4v) is 4.51. The van der Waals surface area contributed by atoms with Gasteiger partial charge in [0.25, 0.3) is 0 Å². The van der Waals surface area contributed by atoms with Gasteiger partial charge < -0.3 is 25.6 Å². The van der Waals surface area contributed by atoms with Crippen LogP contribution in [0.25, 0.3) is 16.0 Å². The molecule has 8 heteroatoms. The zero-order chi connectivity index (χ0) is 26.0. The van der Waals surface area contributed by atoms with Crippen LogP contribution in [0.15, 0.2) is 66.9 Å². The average molecular weight is 503 g/mol. The maximum atomic E-state index is 10.6. The van der Waals surface area contributed by atoms with Crippen LogP contribution in [-0.2, 0) is 0 Å². The van der Waals surface area contributed by atoms with Crippen LogP contribution in [0, 0.1) is 22.7 Å². The molecule has 3 rings (SSSR count). The summed E-state index contributed by atoms with van der Waals surface area (Å²) in [4.78, 5) is 1.58. The van der Waals surface area contributed by atoms with E-state index < -0.39 is 6.10 Å². The maximum absolute atomic E-state index is 10.6. The molecule has 3 aromatic rings. The van der Waals surface area contributed by atoms with Crippen molar-refractivity contribution in [1.82, 2.24) is 5.32 Å². The second kappa shape index (κ2) is 12.8. The van der Waals surface area contributed by atoms with E-state index in [9.17, 15) is 5.11 Å². The van der Waals surface area contributed by atoms with Crippen LogP contribution in [0.1, 0.15) is 30.7 Å². The highest BCUT2D eigenvalue weighted by Crippen LogP contribution is 2.35. The number of nitrogens with two attached hydrogens (primary N) is 1. The number of hydrogen-bond acceptors (Lipinski definition) is 8. The minimum Gasteiger partial charge on any atom is -0.490 e. The molecular weight excluding hydrogens is 472 g/mol. The van der Waals surface area contributed by atoms with Gasteiger partial charge in [-0.05, 0) is 74.0 Å². The summed E-state index contributed by atoms with van der Waals surface area (Å²) in [6.45, 7) is 4.51. The summed E-state index contributed by atoms with van der Waals surface area (Å²) >= 11 is 1.40. The zero-order valence-corrected chi connectivity index (χ0v) is 21.2. The smallest absolute Gasteiger partial charge is 0.174 e. The Morgan fingerprint density at radius 1 is 1.14 bits per heavy atom. The van der Waals surface area contributed by atoms with Crippen molar-refractivity contribution < 1.29 is 14.6 Å². The topological polar surface area (TPSA) is 124 Å². The van der Waals surface area contributed by atoms with Crippen molar-refractivity contribution in [2.24, 2.45) is 5.73 Å². The molecule has 7 nitrogen and oxygen atoms in total. The molecule has 0 bridgehead atoms. The van der Waals surface area contributed by atoms with Crippen LogP contribution in [0.5, 0.6) is 11.5 Å². The van der Waals surface area contributed by atoms with E-state index in [1.807, 2.05) is 68.4 Å². The number of nitrogens with one attached hydrogen (secondary N) is 1. The van der Waals surface area contributed by atoms with Gasteiger partial charge in [0.1, 0.15) is 41.2 Å². The van der Waals surface area contributed by atoms with E-state index in [2.05, 4.69) is 11.4 Å². The van der Waals surface area contributed by atoms with Gasteiger partial charge in [-0.2, -0.15) is 10.5 Å². The van der Waals surface area contributed by atoms with Crippen molar-refractivity contribution in [2.75, 3.05) is 19.8 Å². The number of β-amino-alcohol motifs (C(OH)–C–C–N with tert-alkyl or cyclic N) is 1. The largest absolute Gasteiger partial charge is 0.490 e. The first-order valence-corrected chi connectivity index (χ1v) is 12.3. The van der Waals surface area contributed by atoms with Crippen molar-refractivity contribution in [3.05, 3.63) is 77.3 Å². The molecule has 0 aliphatic heterocycles. The number of thiophene rings is 1. The second-order valence-electron chi connectivity index (χ2n) is 8.84. The van der Waals surface area contributed by atoms with E-state index in [4.69, 9.17) is 25.7 Å². The molecule has 0 spiro atoms. The lowest BCUT2D eigenvalue weighted by molar-refractivity contribution is 0.0995. The van der Waals surface area contributed by atoms with Crippen molar-refractivity contribution >= 4 is 16.9 Å². The third-order valence-electron chi connectivity index (χ3n) is 5.46. The first-order chi connectivity index (χ1) is 17.3. The maximum Gasteiger partial charge on any atom is 0.174 e. The highest BCUT2D eigenvalue weighted by atomic mass is 32.1. The highest BCUT2D eigenvalue weighted by molar-refractivity contribution is 7.16. The number of hydrogen-bond donors (Lipinski definition) is 3. The summed E-state index contributed by atoms with van der Waals surface area (Å²) < 4.78 is 11.3. The molecule has 1 heterocycles. The van der Waals surface area contributed by atoms with Gasteiger partial charge in [-0.1, -0.05) is 24.3 Å². The SMILES string of the molecule is CC(C)(C/C(=C/N)c1cccc(OCC#N)c1)NCC(O)COc1ccccc1-c1ccc(C#N)s1. The Hall–Kier alpha value is -3.82. The Bertz CT molecular complexity index is 1270. The first kappa shape index (κ1) is 26.8. The summed E-state index contributed by atoms with van der Waals surface area (Å²) in [5, 5.41) is 31.8. The lowest BCUT2D eigenvalue weighted by Crippen LogP contribution is -2.45. The van der Waals surface area contributed by atoms with E-state index in [0.717, 1.165) is 21.6 Å². The van der Waals surface area contributed by atoms with Crippen LogP contribution in [-0.4, -0.2) is 36.5 Å².